The van der Waals surface area contributed by atoms with Crippen LogP contribution in [0.1, 0.15) is 56.8 Å². The number of hydrogen-bond donors (Lipinski definition) is 2. The minimum absolute atomic E-state index is 0.0234. The number of Topliss-reactive ketones (excluding diaryl/α,β-unsaturated/α-hetero) is 1. The van der Waals surface area contributed by atoms with Gasteiger partial charge in [0.25, 0.3) is 5.91 Å². The highest BCUT2D eigenvalue weighted by Gasteiger charge is 2.53. The number of likely N-dealkylation sites (N-methyl/N-ethyl adjacent to an activating group) is 1. The standard InChI is InChI=1S/C29H43N5O4/c1-29(2,3)16-22(28(37)34-17-23(30-4)26-25(34)24(35)18-38-26)31-27(36)19-8-10-21(11-9-19)33-14-12-32(13-15-33)20-6-5-7-20/h8-11,20,22-23,25-26,30H,5-7,12-18H2,1-4H3,(H,31,36)/t22-,23-,25+,26+/m0/s1. The maximum atomic E-state index is 13.8. The number of carbonyl (C=O) groups excluding carboxylic acids is 3. The second-order valence-electron chi connectivity index (χ2n) is 12.5. The first-order valence-electron chi connectivity index (χ1n) is 14.2. The summed E-state index contributed by atoms with van der Waals surface area (Å²) in [7, 11) is 1.81. The van der Waals surface area contributed by atoms with Gasteiger partial charge in [-0.2, -0.15) is 0 Å². The SMILES string of the molecule is CN[C@H]1CN(C(=O)[C@H](CC(C)(C)C)NC(=O)c2ccc(N3CCN(C4CCC4)CC3)cc2)[C@@H]2C(=O)CO[C@H]12. The second-order valence-corrected chi connectivity index (χ2v) is 12.5. The number of nitrogens with zero attached hydrogens (tertiary/aromatic N) is 3. The molecule has 3 aliphatic heterocycles. The summed E-state index contributed by atoms with van der Waals surface area (Å²) in [6.07, 6.45) is 4.15. The van der Waals surface area contributed by atoms with Crippen LogP contribution in [0.3, 0.4) is 0 Å². The summed E-state index contributed by atoms with van der Waals surface area (Å²) in [5, 5.41) is 6.18. The second kappa shape index (κ2) is 10.9. The predicted molar refractivity (Wildman–Crippen MR) is 146 cm³/mol. The van der Waals surface area contributed by atoms with E-state index in [2.05, 4.69) is 20.4 Å². The van der Waals surface area contributed by atoms with Gasteiger partial charge in [-0.3, -0.25) is 19.3 Å². The summed E-state index contributed by atoms with van der Waals surface area (Å²) in [5.41, 5.74) is 1.45. The van der Waals surface area contributed by atoms with Gasteiger partial charge < -0.3 is 25.2 Å². The Hall–Kier alpha value is -2.49. The fraction of sp³-hybridized carbons (Fsp3) is 0.690. The molecule has 4 atom stereocenters. The highest BCUT2D eigenvalue weighted by atomic mass is 16.5. The molecule has 1 saturated carbocycles. The van der Waals surface area contributed by atoms with E-state index in [9.17, 15) is 14.4 Å². The van der Waals surface area contributed by atoms with E-state index in [4.69, 9.17) is 4.74 Å². The van der Waals surface area contributed by atoms with Gasteiger partial charge in [0, 0.05) is 50.0 Å². The van der Waals surface area contributed by atoms with Crippen LogP contribution in [0, 0.1) is 5.41 Å². The zero-order chi connectivity index (χ0) is 27.0. The molecule has 0 spiro atoms. The summed E-state index contributed by atoms with van der Waals surface area (Å²) in [6, 6.07) is 7.05. The molecule has 1 aromatic carbocycles. The molecular weight excluding hydrogens is 482 g/mol. The quantitative estimate of drug-likeness (QED) is 0.559. The van der Waals surface area contributed by atoms with Crippen molar-refractivity contribution in [1.82, 2.24) is 20.4 Å². The van der Waals surface area contributed by atoms with Crippen LogP contribution in [0.5, 0.6) is 0 Å². The fourth-order valence-electron chi connectivity index (χ4n) is 6.31. The topological polar surface area (TPSA) is 94.2 Å². The molecule has 0 radical (unpaired) electrons. The van der Waals surface area contributed by atoms with Gasteiger partial charge in [0.2, 0.25) is 5.91 Å². The van der Waals surface area contributed by atoms with Crippen molar-refractivity contribution < 1.29 is 19.1 Å². The van der Waals surface area contributed by atoms with Crippen molar-refractivity contribution in [2.75, 3.05) is 51.3 Å². The Labute approximate surface area is 226 Å². The van der Waals surface area contributed by atoms with E-state index in [1.165, 1.54) is 19.3 Å². The lowest BCUT2D eigenvalue weighted by Gasteiger charge is -2.43. The molecule has 208 valence electrons. The van der Waals surface area contributed by atoms with Crippen LogP contribution < -0.4 is 15.5 Å². The smallest absolute Gasteiger partial charge is 0.251 e. The van der Waals surface area contributed by atoms with E-state index < -0.39 is 12.1 Å². The zero-order valence-electron chi connectivity index (χ0n) is 23.2. The molecule has 3 heterocycles. The number of benzene rings is 1. The van der Waals surface area contributed by atoms with Crippen LogP contribution in [-0.4, -0.2) is 104 Å². The van der Waals surface area contributed by atoms with Crippen LogP contribution in [0.25, 0.3) is 0 Å². The maximum Gasteiger partial charge on any atom is 0.251 e. The number of nitrogens with one attached hydrogen (secondary N) is 2. The van der Waals surface area contributed by atoms with Gasteiger partial charge in [-0.15, -0.1) is 0 Å². The van der Waals surface area contributed by atoms with Crippen LogP contribution in [0.15, 0.2) is 24.3 Å². The van der Waals surface area contributed by atoms with Gasteiger partial charge in [-0.05, 0) is 56.0 Å². The highest BCUT2D eigenvalue weighted by molar-refractivity contribution is 5.99. The third-order valence-electron chi connectivity index (χ3n) is 8.66. The summed E-state index contributed by atoms with van der Waals surface area (Å²) in [5.74, 6) is -0.573. The molecule has 9 heteroatoms. The minimum atomic E-state index is -0.730. The highest BCUT2D eigenvalue weighted by Crippen LogP contribution is 2.30. The number of carbonyl (C=O) groups is 3. The summed E-state index contributed by atoms with van der Waals surface area (Å²) in [4.78, 5) is 46.3. The maximum absolute atomic E-state index is 13.8. The molecule has 2 amide bonds. The molecule has 9 nitrogen and oxygen atoms in total. The summed E-state index contributed by atoms with van der Waals surface area (Å²) in [6.45, 7) is 10.7. The lowest BCUT2D eigenvalue weighted by molar-refractivity contribution is -0.138. The Kier molecular flexibility index (Phi) is 7.80. The molecule has 5 rings (SSSR count). The third kappa shape index (κ3) is 5.60. The van der Waals surface area contributed by atoms with E-state index in [0.717, 1.165) is 37.9 Å². The average Bonchev–Trinajstić information content (AvgIpc) is 3.42. The monoisotopic (exact) mass is 525 g/mol. The third-order valence-corrected chi connectivity index (χ3v) is 8.66. The van der Waals surface area contributed by atoms with Crippen LogP contribution in [0.4, 0.5) is 5.69 Å². The molecule has 38 heavy (non-hydrogen) atoms. The van der Waals surface area contributed by atoms with Crippen LogP contribution in [0.2, 0.25) is 0 Å². The van der Waals surface area contributed by atoms with Gasteiger partial charge in [0.15, 0.2) is 5.78 Å². The lowest BCUT2D eigenvalue weighted by Crippen LogP contribution is -2.53. The van der Waals surface area contributed by atoms with E-state index in [0.29, 0.717) is 18.5 Å². The first-order valence-corrected chi connectivity index (χ1v) is 14.2. The lowest BCUT2D eigenvalue weighted by atomic mass is 9.87. The number of piperazine rings is 1. The Morgan fingerprint density at radius 2 is 1.76 bits per heavy atom. The number of rotatable bonds is 7. The molecule has 3 saturated heterocycles. The van der Waals surface area contributed by atoms with Crippen molar-refractivity contribution in [2.24, 2.45) is 5.41 Å². The summed E-state index contributed by atoms with van der Waals surface area (Å²) >= 11 is 0. The van der Waals surface area contributed by atoms with Crippen molar-refractivity contribution in [3.8, 4) is 0 Å². The molecule has 1 aliphatic carbocycles. The van der Waals surface area contributed by atoms with Crippen molar-refractivity contribution in [1.29, 1.82) is 0 Å². The molecule has 0 unspecified atom stereocenters. The van der Waals surface area contributed by atoms with Gasteiger partial charge in [0.05, 0.1) is 6.04 Å². The molecule has 4 fully saturated rings. The number of ketones is 1. The van der Waals surface area contributed by atoms with Gasteiger partial charge >= 0.3 is 0 Å². The van der Waals surface area contributed by atoms with Crippen LogP contribution in [-0.2, 0) is 14.3 Å². The molecule has 1 aromatic rings. The number of anilines is 1. The average molecular weight is 526 g/mol. The van der Waals surface area contributed by atoms with Crippen molar-refractivity contribution in [3.05, 3.63) is 29.8 Å². The van der Waals surface area contributed by atoms with Gasteiger partial charge in [-0.1, -0.05) is 27.2 Å². The van der Waals surface area contributed by atoms with Gasteiger partial charge in [-0.25, -0.2) is 0 Å². The largest absolute Gasteiger partial charge is 0.369 e. The van der Waals surface area contributed by atoms with Crippen molar-refractivity contribution in [3.63, 3.8) is 0 Å². The molecular formula is C29H43N5O4. The van der Waals surface area contributed by atoms with Crippen LogP contribution >= 0.6 is 0 Å². The molecule has 0 aromatic heterocycles. The van der Waals surface area contributed by atoms with Gasteiger partial charge in [0.1, 0.15) is 24.8 Å². The summed E-state index contributed by atoms with van der Waals surface area (Å²) < 4.78 is 5.69. The Balaban J connectivity index is 1.24. The first kappa shape index (κ1) is 27.1. The number of likely N-dealkylation sites (tertiary alicyclic amines) is 1. The zero-order valence-corrected chi connectivity index (χ0v) is 23.2. The number of ether oxygens (including phenoxy) is 1. The normalized spacial score (nSPS) is 27.3. The van der Waals surface area contributed by atoms with Crippen molar-refractivity contribution >= 4 is 23.3 Å². The Bertz CT molecular complexity index is 1030. The Morgan fingerprint density at radius 1 is 1.08 bits per heavy atom. The van der Waals surface area contributed by atoms with E-state index in [-0.39, 0.29) is 41.8 Å². The Morgan fingerprint density at radius 3 is 2.34 bits per heavy atom. The number of fused-ring (bicyclic) bond motifs is 1. The van der Waals surface area contributed by atoms with Crippen molar-refractivity contribution in [2.45, 2.75) is 76.7 Å². The molecule has 4 aliphatic rings. The number of hydrogen-bond acceptors (Lipinski definition) is 7. The van der Waals surface area contributed by atoms with E-state index in [1.54, 1.807) is 4.90 Å². The number of amides is 2. The minimum Gasteiger partial charge on any atom is -0.369 e. The molecule has 2 N–H and O–H groups in total. The van der Waals surface area contributed by atoms with E-state index >= 15 is 0 Å². The predicted octanol–water partition coefficient (Wildman–Crippen LogP) is 1.66. The van der Waals surface area contributed by atoms with E-state index in [1.807, 2.05) is 52.1 Å². The first-order chi connectivity index (χ1) is 18.1. The fourth-order valence-corrected chi connectivity index (χ4v) is 6.31. The molecule has 0 bridgehead atoms.